The normalized spacial score (nSPS) is 16.2. The van der Waals surface area contributed by atoms with Crippen LogP contribution in [0, 0.1) is 11.8 Å². The van der Waals surface area contributed by atoms with Gasteiger partial charge in [0.05, 0.1) is 32.5 Å². The molecule has 2 heterocycles. The molecule has 1 aliphatic heterocycles. The zero-order chi connectivity index (χ0) is 74.4. The summed E-state index contributed by atoms with van der Waals surface area (Å²) >= 11 is 0. The van der Waals surface area contributed by atoms with Crippen molar-refractivity contribution in [3.05, 3.63) is 54.1 Å². The predicted molar refractivity (Wildman–Crippen MR) is 368 cm³/mol. The van der Waals surface area contributed by atoms with E-state index in [4.69, 9.17) is 34.4 Å². The van der Waals surface area contributed by atoms with Crippen LogP contribution in [0.25, 0.3) is 0 Å². The third kappa shape index (κ3) is 33.8. The molecule has 24 N–H and O–H groups in total. The largest absolute Gasteiger partial charge is 0.480 e. The molecule has 0 saturated carbocycles. The quantitative estimate of drug-likeness (QED) is 0.0167. The second-order valence-electron chi connectivity index (χ2n) is 25.1. The van der Waals surface area contributed by atoms with Crippen LogP contribution in [-0.4, -0.2) is 274 Å². The second-order valence-corrected chi connectivity index (χ2v) is 25.1. The Labute approximate surface area is 581 Å². The molecule has 9 amide bonds. The number of carboxylic acid groups (broad SMARTS) is 3. The molecular weight excluding hydrogens is 1300 g/mol. The minimum atomic E-state index is -1.45. The van der Waals surface area contributed by atoms with Crippen molar-refractivity contribution < 1.29 is 72.9 Å². The highest BCUT2D eigenvalue weighted by Crippen LogP contribution is 2.15. The van der Waals surface area contributed by atoms with Gasteiger partial charge < -0.3 is 97.2 Å². The van der Waals surface area contributed by atoms with Gasteiger partial charge in [-0.3, -0.25) is 87.1 Å². The molecule has 558 valence electrons. The van der Waals surface area contributed by atoms with Gasteiger partial charge in [0, 0.05) is 90.2 Å². The van der Waals surface area contributed by atoms with Crippen LogP contribution in [0.15, 0.2) is 52.8 Å². The Morgan fingerprint density at radius 2 is 0.930 bits per heavy atom. The van der Waals surface area contributed by atoms with E-state index in [-0.39, 0.29) is 161 Å². The number of aromatic nitrogens is 2. The predicted octanol–water partition coefficient (Wildman–Crippen LogP) is -6.01. The fraction of sp³-hybridized carbons (Fsp3) is 0.635. The van der Waals surface area contributed by atoms with Gasteiger partial charge in [-0.05, 0) is 75.8 Å². The van der Waals surface area contributed by atoms with Crippen molar-refractivity contribution in [3.8, 4) is 0 Å². The first-order chi connectivity index (χ1) is 47.4. The van der Waals surface area contributed by atoms with Crippen molar-refractivity contribution in [2.75, 3.05) is 98.2 Å². The molecule has 1 aromatic carbocycles. The van der Waals surface area contributed by atoms with Crippen molar-refractivity contribution in [1.29, 1.82) is 0 Å². The number of carbonyl (C=O) groups excluding carboxylic acids is 9. The first kappa shape index (κ1) is 84.6. The summed E-state index contributed by atoms with van der Waals surface area (Å²) in [6, 6.07) is -1.74. The molecule has 0 bridgehead atoms. The fourth-order valence-electron chi connectivity index (χ4n) is 10.7. The lowest BCUT2D eigenvalue weighted by atomic mass is 9.95. The van der Waals surface area contributed by atoms with Crippen LogP contribution in [-0.2, 0) is 70.4 Å². The molecule has 1 fully saturated rings. The smallest absolute Gasteiger partial charge is 0.317 e. The van der Waals surface area contributed by atoms with Gasteiger partial charge in [-0.2, -0.15) is 0 Å². The van der Waals surface area contributed by atoms with E-state index in [0.717, 1.165) is 5.56 Å². The highest BCUT2D eigenvalue weighted by atomic mass is 16.4. The maximum atomic E-state index is 14.6. The van der Waals surface area contributed by atoms with E-state index in [1.54, 1.807) is 77.6 Å². The monoisotopic (exact) mass is 1410 g/mol. The molecule has 1 aliphatic rings. The van der Waals surface area contributed by atoms with E-state index < -0.39 is 138 Å². The number of aliphatic carboxylic acids is 3. The number of hydrogen-bond acceptors (Lipinski definition) is 20. The molecule has 37 heteroatoms. The molecule has 1 unspecified atom stereocenters. The molecule has 37 nitrogen and oxygen atoms in total. The number of aliphatic imine (C=N–C) groups is 2. The molecule has 1 saturated heterocycles. The van der Waals surface area contributed by atoms with Gasteiger partial charge in [-0.25, -0.2) is 4.98 Å². The van der Waals surface area contributed by atoms with E-state index in [2.05, 4.69) is 62.5 Å². The Hall–Kier alpha value is -9.59. The third-order valence-corrected chi connectivity index (χ3v) is 16.3. The number of rotatable bonds is 43. The maximum Gasteiger partial charge on any atom is 0.317 e. The average molecular weight is 1410 g/mol. The number of benzene rings is 1. The minimum absolute atomic E-state index is 0.00848. The Morgan fingerprint density at radius 1 is 0.510 bits per heavy atom. The number of imidazole rings is 1. The van der Waals surface area contributed by atoms with Crippen molar-refractivity contribution in [2.24, 2.45) is 56.2 Å². The van der Waals surface area contributed by atoms with Crippen LogP contribution >= 0.6 is 0 Å². The first-order valence-corrected chi connectivity index (χ1v) is 33.5. The fourth-order valence-corrected chi connectivity index (χ4v) is 10.7. The summed E-state index contributed by atoms with van der Waals surface area (Å²) < 4.78 is 0. The van der Waals surface area contributed by atoms with Gasteiger partial charge in [-0.1, -0.05) is 64.4 Å². The summed E-state index contributed by atoms with van der Waals surface area (Å²) in [5.74, 6) is -11.8. The number of hydrogen-bond donors (Lipinski definition) is 18. The van der Waals surface area contributed by atoms with Crippen LogP contribution in [0.4, 0.5) is 0 Å². The lowest BCUT2D eigenvalue weighted by Gasteiger charge is -2.33. The van der Waals surface area contributed by atoms with Gasteiger partial charge in [0.2, 0.25) is 53.2 Å². The standard InChI is InChI=1S/C63H106N22O15/c1-6-39(4)53(61(100)79-46(54(65)93)30-41-13-8-7-9-14-41)81-60(99)47(29-38(2)3)80-58(97)45(17-12-20-72-63(68)69)78-57(96)44(16-11-19-71-62(66)67)77-56(95)43(15-10-18-64)76-55(94)40(5)74-59(98)48(31-42-32-70-37-73-42)75-49(86)33-82-21-23-83(34-50(87)88)25-27-85(36-52(91)92)28-26-84(24-22-82)35-51(89)90/h7-9,13-14,32,37-40,43-48,53H,6,10-12,15-31,33-36,64H2,1-5H3,(H2,65,93)(H,70,73)(H,74,98)(H,75,86)(H,76,94)(H,77,95)(H,78,96)(H,79,100)(H,80,97)(H,81,99)(H,87,88)(H,89,90)(H,91,92)(H4,66,67,71)(H4,68,69,72)/t39-,40-,43?,44-,45-,46-,47-,48-,53-/m0/s1. The van der Waals surface area contributed by atoms with Gasteiger partial charge in [0.25, 0.3) is 0 Å². The molecular formula is C63H106N22O15. The highest BCUT2D eigenvalue weighted by molar-refractivity contribution is 5.98. The SMILES string of the molecule is CC[C@H](C)[C@H](NC(=O)[C@H](CC(C)C)NC(=O)[C@H](CCCN=C(N)N)NC(=O)[C@H](CCCN=C(N)N)NC(=O)C(CCCN)NC(=O)[C@H](C)NC(=O)[C@H](Cc1cnc[nH]1)NC(=O)CN1CCN(CC(=O)O)CCN(CC(=O)O)CCN(CC(=O)O)CC1)C(=O)N[C@@H](Cc1ccccc1)C(N)=O. The lowest BCUT2D eigenvalue weighted by Crippen LogP contribution is -2.61. The molecule has 3 rings (SSSR count). The zero-order valence-corrected chi connectivity index (χ0v) is 57.8. The molecule has 0 aliphatic carbocycles. The number of nitrogens with two attached hydrogens (primary N) is 6. The van der Waals surface area contributed by atoms with E-state index in [1.807, 2.05) is 0 Å². The number of carboxylic acids is 3. The Kier molecular flexibility index (Phi) is 38.2. The van der Waals surface area contributed by atoms with Crippen molar-refractivity contribution >= 4 is 83.0 Å². The number of amides is 9. The molecule has 2 aromatic rings. The van der Waals surface area contributed by atoms with E-state index in [1.165, 1.54) is 19.4 Å². The van der Waals surface area contributed by atoms with Gasteiger partial charge in [0.1, 0.15) is 48.3 Å². The molecule has 9 atom stereocenters. The highest BCUT2D eigenvalue weighted by Gasteiger charge is 2.36. The van der Waals surface area contributed by atoms with Crippen LogP contribution in [0.3, 0.4) is 0 Å². The second kappa shape index (κ2) is 45.2. The van der Waals surface area contributed by atoms with Crippen LogP contribution in [0.1, 0.15) is 97.2 Å². The lowest BCUT2D eigenvalue weighted by molar-refractivity contribution is -0.140. The number of nitrogens with one attached hydrogen (secondary N) is 9. The van der Waals surface area contributed by atoms with Crippen molar-refractivity contribution in [1.82, 2.24) is 72.1 Å². The van der Waals surface area contributed by atoms with E-state index in [0.29, 0.717) is 12.1 Å². The summed E-state index contributed by atoms with van der Waals surface area (Å²) in [7, 11) is 0. The summed E-state index contributed by atoms with van der Waals surface area (Å²) in [5.41, 5.74) is 35.1. The molecule has 0 spiro atoms. The summed E-state index contributed by atoms with van der Waals surface area (Å²) in [5, 5.41) is 50.4. The average Bonchev–Trinajstić information content (AvgIpc) is 0.941. The molecule has 1 aromatic heterocycles. The van der Waals surface area contributed by atoms with Gasteiger partial charge >= 0.3 is 17.9 Å². The zero-order valence-electron chi connectivity index (χ0n) is 57.8. The Balaban J connectivity index is 1.90. The van der Waals surface area contributed by atoms with Crippen LogP contribution in [0.5, 0.6) is 0 Å². The van der Waals surface area contributed by atoms with Crippen LogP contribution < -0.4 is 76.9 Å². The number of aromatic amines is 1. The summed E-state index contributed by atoms with van der Waals surface area (Å²) in [6.45, 7) is 8.01. The number of nitrogens with zero attached hydrogens (tertiary/aromatic N) is 7. The topological polar surface area (TPSA) is 584 Å². The van der Waals surface area contributed by atoms with E-state index in [9.17, 15) is 72.9 Å². The Morgan fingerprint density at radius 3 is 1.34 bits per heavy atom. The van der Waals surface area contributed by atoms with Gasteiger partial charge in [-0.15, -0.1) is 0 Å². The molecule has 0 radical (unpaired) electrons. The van der Waals surface area contributed by atoms with Gasteiger partial charge in [0.15, 0.2) is 11.9 Å². The third-order valence-electron chi connectivity index (χ3n) is 16.3. The number of guanidine groups is 2. The first-order valence-electron chi connectivity index (χ1n) is 33.5. The van der Waals surface area contributed by atoms with E-state index >= 15 is 0 Å². The minimum Gasteiger partial charge on any atom is -0.480 e. The summed E-state index contributed by atoms with van der Waals surface area (Å²) in [4.78, 5) is 184. The number of H-pyrrole nitrogens is 1. The number of carbonyl (C=O) groups is 12. The van der Waals surface area contributed by atoms with Crippen LogP contribution in [0.2, 0.25) is 0 Å². The summed E-state index contributed by atoms with van der Waals surface area (Å²) in [6.07, 6.45) is 3.21. The number of primary amides is 1. The molecule has 100 heavy (non-hydrogen) atoms. The maximum absolute atomic E-state index is 14.6. The van der Waals surface area contributed by atoms with Crippen molar-refractivity contribution in [2.45, 2.75) is 147 Å². The van der Waals surface area contributed by atoms with Crippen molar-refractivity contribution in [3.63, 3.8) is 0 Å². The Bertz CT molecular complexity index is 2990.